The van der Waals surface area contributed by atoms with Crippen molar-refractivity contribution < 1.29 is 49.0 Å². The summed E-state index contributed by atoms with van der Waals surface area (Å²) >= 11 is 0. The van der Waals surface area contributed by atoms with Gasteiger partial charge in [-0.2, -0.15) is 26.5 Å². The lowest BCUT2D eigenvalue weighted by molar-refractivity contribution is -0.436. The van der Waals surface area contributed by atoms with Gasteiger partial charge >= 0.3 is 17.4 Å². The van der Waals surface area contributed by atoms with E-state index in [4.69, 9.17) is 0 Å². The summed E-state index contributed by atoms with van der Waals surface area (Å²) in [5.41, 5.74) is 10.0. The van der Waals surface area contributed by atoms with Crippen LogP contribution in [0.3, 0.4) is 0 Å². The van der Waals surface area contributed by atoms with Crippen molar-refractivity contribution in [3.8, 4) is 0 Å². The molecule has 1 aliphatic carbocycles. The van der Waals surface area contributed by atoms with Gasteiger partial charge in [-0.05, 0) is 104 Å². The number of benzene rings is 6. The largest absolute Gasteiger partial charge is 0.743 e. The van der Waals surface area contributed by atoms with E-state index in [2.05, 4.69) is 190 Å². The summed E-state index contributed by atoms with van der Waals surface area (Å²) in [6, 6.07) is 48.9. The van der Waals surface area contributed by atoms with E-state index in [0.29, 0.717) is 0 Å². The van der Waals surface area contributed by atoms with Crippen LogP contribution in [-0.4, -0.2) is 57.9 Å². The van der Waals surface area contributed by atoms with Crippen LogP contribution in [0.2, 0.25) is 0 Å². The molecular weight excluding hydrogens is 958 g/mol. The number of nitrogens with zero attached hydrogens (tertiary/aromatic N) is 3. The SMILES string of the molecule is CC(C)(C)C(=O)OC(C(F)(F)F)C(F)(F)S(=O)(=O)[O-].CCCCn1/c(=C\C=C2\CCC(/C=C/C3=[N+](CCCC)c4cccc5cccc3c45)=C2N(c2ccccc2)c2ccccc2)c2cccc3cccc1c32. The second-order valence-corrected chi connectivity index (χ2v) is 20.8. The van der Waals surface area contributed by atoms with Crippen molar-refractivity contribution in [2.75, 3.05) is 11.4 Å². The molecule has 6 aromatic carbocycles. The quantitative estimate of drug-likeness (QED) is 0.0439. The van der Waals surface area contributed by atoms with Crippen LogP contribution >= 0.6 is 0 Å². The standard InChI is InChI=1S/C51H48N3.C8H11F5O5S/c1-3-5-35-52-45(43-25-13-17-37-19-15-27-47(52)49(37)43)33-31-39-29-30-40(51(39)54(41-21-9-7-10-22-41)42-23-11-8-12-24-42)32-34-46-44-26-14-18-38-20-16-28-48(50(38)44)53(46)36-6-4-2;1-6(2,3)5(14)18-4(7(9,10)11)8(12,13)19(15,16)17/h7-28,31-34H,3-6,29-30,35-36H2,1-2H3;4H,1-3H3,(H,15,16,17)/q+1;/p-1. The number of anilines is 2. The van der Waals surface area contributed by atoms with Crippen molar-refractivity contribution in [1.82, 2.24) is 4.57 Å². The molecule has 9 rings (SSSR count). The highest BCUT2D eigenvalue weighted by atomic mass is 32.2. The Hall–Kier alpha value is -6.90. The molecular formula is C59H58F5N3O5S. The molecule has 14 heteroatoms. The first-order valence-electron chi connectivity index (χ1n) is 24.6. The molecule has 0 saturated carbocycles. The molecule has 0 saturated heterocycles. The fourth-order valence-corrected chi connectivity index (χ4v) is 9.97. The van der Waals surface area contributed by atoms with Crippen molar-refractivity contribution in [2.45, 2.75) is 97.2 Å². The summed E-state index contributed by atoms with van der Waals surface area (Å²) in [4.78, 5) is 13.6. The van der Waals surface area contributed by atoms with Gasteiger partial charge in [0.15, 0.2) is 10.1 Å². The number of carbonyl (C=O) groups is 1. The minimum absolute atomic E-state index is 0.978. The van der Waals surface area contributed by atoms with Gasteiger partial charge in [0, 0.05) is 58.1 Å². The molecule has 2 heterocycles. The molecule has 8 nitrogen and oxygen atoms in total. The molecule has 0 N–H and O–H groups in total. The fourth-order valence-electron chi connectivity index (χ4n) is 9.53. The van der Waals surface area contributed by atoms with Crippen LogP contribution in [-0.2, 0) is 26.2 Å². The van der Waals surface area contributed by atoms with Gasteiger partial charge in [0.25, 0.3) is 6.10 Å². The van der Waals surface area contributed by atoms with E-state index in [1.54, 1.807) is 0 Å². The number of hydrogen-bond donors (Lipinski definition) is 0. The summed E-state index contributed by atoms with van der Waals surface area (Å²) < 4.78 is 102. The molecule has 0 amide bonds. The van der Waals surface area contributed by atoms with Gasteiger partial charge in [-0.25, -0.2) is 8.42 Å². The second kappa shape index (κ2) is 21.3. The number of aromatic nitrogens is 1. The van der Waals surface area contributed by atoms with Gasteiger partial charge in [-0.1, -0.05) is 130 Å². The van der Waals surface area contributed by atoms with E-state index in [1.165, 1.54) is 83.0 Å². The highest BCUT2D eigenvalue weighted by Crippen LogP contribution is 2.43. The van der Waals surface area contributed by atoms with Gasteiger partial charge in [0.1, 0.15) is 6.54 Å². The zero-order chi connectivity index (χ0) is 52.3. The maximum atomic E-state index is 12.9. The van der Waals surface area contributed by atoms with Crippen LogP contribution in [0, 0.1) is 5.41 Å². The molecule has 0 fully saturated rings. The molecule has 2 aliphatic rings. The maximum Gasteiger partial charge on any atom is 0.432 e. The third kappa shape index (κ3) is 10.8. The number of ether oxygens (including phenoxy) is 1. The number of carbonyl (C=O) groups excluding carboxylic acids is 1. The van der Waals surface area contributed by atoms with Crippen molar-refractivity contribution in [1.29, 1.82) is 0 Å². The molecule has 0 spiro atoms. The van der Waals surface area contributed by atoms with Crippen LogP contribution in [0.25, 0.3) is 38.5 Å². The zero-order valence-electron chi connectivity index (χ0n) is 41.4. The topological polar surface area (TPSA) is 94.7 Å². The van der Waals surface area contributed by atoms with E-state index in [0.717, 1.165) is 72.4 Å². The summed E-state index contributed by atoms with van der Waals surface area (Å²) in [5, 5.41) is 2.19. The van der Waals surface area contributed by atoms with Gasteiger partial charge in [-0.3, -0.25) is 4.79 Å². The monoisotopic (exact) mass is 1020 g/mol. The smallest absolute Gasteiger partial charge is 0.432 e. The lowest BCUT2D eigenvalue weighted by Gasteiger charge is -2.31. The number of para-hydroxylation sites is 2. The van der Waals surface area contributed by atoms with E-state index in [9.17, 15) is 39.7 Å². The van der Waals surface area contributed by atoms with E-state index >= 15 is 0 Å². The number of aryl methyl sites for hydroxylation is 1. The van der Waals surface area contributed by atoms with E-state index in [1.807, 2.05) is 0 Å². The number of rotatable bonds is 15. The molecule has 0 bridgehead atoms. The zero-order valence-corrected chi connectivity index (χ0v) is 42.2. The van der Waals surface area contributed by atoms with E-state index in [-0.39, 0.29) is 0 Å². The molecule has 7 aromatic rings. The van der Waals surface area contributed by atoms with Gasteiger partial charge < -0.3 is 18.8 Å². The van der Waals surface area contributed by atoms with Gasteiger partial charge in [0.05, 0.1) is 22.1 Å². The first-order chi connectivity index (χ1) is 34.8. The molecule has 0 radical (unpaired) electrons. The fraction of sp³-hybridized carbons (Fsp3) is 0.288. The Balaban J connectivity index is 0.000000320. The average molecular weight is 1020 g/mol. The number of hydrogen-bond acceptors (Lipinski definition) is 6. The minimum atomic E-state index is -6.66. The Bertz CT molecular complexity index is 3410. The third-order valence-corrected chi connectivity index (χ3v) is 14.0. The van der Waals surface area contributed by atoms with Crippen molar-refractivity contribution in [2.24, 2.45) is 5.41 Å². The third-order valence-electron chi connectivity index (χ3n) is 13.1. The molecule has 1 aromatic heterocycles. The van der Waals surface area contributed by atoms with Crippen molar-refractivity contribution >= 4 is 77.4 Å². The lowest BCUT2D eigenvalue weighted by Crippen LogP contribution is -2.53. The van der Waals surface area contributed by atoms with Crippen molar-refractivity contribution in [3.63, 3.8) is 0 Å². The Morgan fingerprint density at radius 3 is 1.92 bits per heavy atom. The van der Waals surface area contributed by atoms with Crippen LogP contribution in [0.15, 0.2) is 169 Å². The molecule has 1 unspecified atom stereocenters. The maximum absolute atomic E-state index is 12.9. The summed E-state index contributed by atoms with van der Waals surface area (Å²) in [6.07, 6.45) is 6.01. The Morgan fingerprint density at radius 1 is 0.740 bits per heavy atom. The van der Waals surface area contributed by atoms with Crippen LogP contribution < -0.4 is 10.2 Å². The van der Waals surface area contributed by atoms with Crippen LogP contribution in [0.4, 0.5) is 39.0 Å². The lowest BCUT2D eigenvalue weighted by atomic mass is 9.97. The molecule has 1 atom stereocenters. The highest BCUT2D eigenvalue weighted by Gasteiger charge is 2.63. The first kappa shape index (κ1) is 52.4. The van der Waals surface area contributed by atoms with Gasteiger partial charge in [0.2, 0.25) is 11.4 Å². The van der Waals surface area contributed by atoms with Gasteiger partial charge in [-0.15, -0.1) is 0 Å². The average Bonchev–Trinajstić information content (AvgIpc) is 4.00. The normalized spacial score (nSPS) is 15.6. The number of esters is 1. The Morgan fingerprint density at radius 2 is 1.33 bits per heavy atom. The molecule has 1 aliphatic heterocycles. The van der Waals surface area contributed by atoms with Crippen molar-refractivity contribution in [3.05, 3.63) is 179 Å². The Kier molecular flexibility index (Phi) is 15.3. The minimum Gasteiger partial charge on any atom is -0.743 e. The summed E-state index contributed by atoms with van der Waals surface area (Å²) in [6.45, 7) is 9.78. The number of unbranched alkanes of at least 4 members (excludes halogenated alkanes) is 2. The first-order valence-corrected chi connectivity index (χ1v) is 26.0. The van der Waals surface area contributed by atoms with Crippen LogP contribution in [0.5, 0.6) is 0 Å². The Labute approximate surface area is 422 Å². The molecule has 380 valence electrons. The summed E-state index contributed by atoms with van der Waals surface area (Å²) in [5.74, 6) is -1.72. The predicted octanol–water partition coefficient (Wildman–Crippen LogP) is 14.2. The van der Waals surface area contributed by atoms with Crippen LogP contribution in [0.1, 0.15) is 78.7 Å². The van der Waals surface area contributed by atoms with E-state index < -0.39 is 39.0 Å². The summed E-state index contributed by atoms with van der Waals surface area (Å²) in [7, 11) is -6.66. The number of allylic oxidation sites excluding steroid dienone is 5. The number of alkyl halides is 5. The highest BCUT2D eigenvalue weighted by molar-refractivity contribution is 7.86. The predicted molar refractivity (Wildman–Crippen MR) is 280 cm³/mol. The second-order valence-electron chi connectivity index (χ2n) is 19.3. The number of halogens is 5. The molecule has 73 heavy (non-hydrogen) atoms.